The van der Waals surface area contributed by atoms with Crippen molar-refractivity contribution in [2.75, 3.05) is 19.6 Å². The third-order valence-electron chi connectivity index (χ3n) is 5.06. The summed E-state index contributed by atoms with van der Waals surface area (Å²) in [4.78, 5) is 21.3. The second-order valence-electron chi connectivity index (χ2n) is 6.92. The normalized spacial score (nSPS) is 17.9. The van der Waals surface area contributed by atoms with Crippen LogP contribution in [0.2, 0.25) is 0 Å². The highest BCUT2D eigenvalue weighted by molar-refractivity contribution is 5.78. The van der Waals surface area contributed by atoms with Gasteiger partial charge in [-0.1, -0.05) is 6.92 Å². The molecule has 5 heteroatoms. The van der Waals surface area contributed by atoms with Gasteiger partial charge in [0.1, 0.15) is 0 Å². The van der Waals surface area contributed by atoms with Crippen molar-refractivity contribution in [3.63, 3.8) is 0 Å². The summed E-state index contributed by atoms with van der Waals surface area (Å²) in [5.74, 6) is 0.246. The minimum atomic E-state index is 0.246. The number of nitrogens with zero attached hydrogens (tertiary/aromatic N) is 4. The standard InChI is InChI=1S/C20H28N4O/c1-3-23(15-17-6-9-21-10-7-17)19-5-4-11-24(16-19)20(25)13-18-8-12-22(2)14-18/h6-10,12,14,19H,3-5,11,13,15-16H2,1-2H3. The number of hydrogen-bond donors (Lipinski definition) is 0. The Kier molecular flexibility index (Phi) is 5.87. The lowest BCUT2D eigenvalue weighted by Crippen LogP contribution is -2.49. The first-order valence-electron chi connectivity index (χ1n) is 9.17. The van der Waals surface area contributed by atoms with Gasteiger partial charge in [-0.15, -0.1) is 0 Å². The van der Waals surface area contributed by atoms with E-state index in [-0.39, 0.29) is 5.91 Å². The van der Waals surface area contributed by atoms with E-state index < -0.39 is 0 Å². The number of amides is 1. The average Bonchev–Trinajstić information content (AvgIpc) is 3.05. The Morgan fingerprint density at radius 2 is 2.08 bits per heavy atom. The van der Waals surface area contributed by atoms with Crippen LogP contribution in [-0.2, 0) is 24.8 Å². The summed E-state index contributed by atoms with van der Waals surface area (Å²) in [6, 6.07) is 6.61. The quantitative estimate of drug-likeness (QED) is 0.811. The van der Waals surface area contributed by atoms with Crippen LogP contribution in [0.4, 0.5) is 0 Å². The molecule has 1 fully saturated rings. The molecule has 0 bridgehead atoms. The van der Waals surface area contributed by atoms with Crippen LogP contribution in [0.3, 0.4) is 0 Å². The van der Waals surface area contributed by atoms with E-state index in [0.29, 0.717) is 12.5 Å². The molecule has 1 amide bonds. The van der Waals surface area contributed by atoms with Crippen LogP contribution in [0.15, 0.2) is 43.0 Å². The molecule has 1 unspecified atom stereocenters. The monoisotopic (exact) mass is 340 g/mol. The van der Waals surface area contributed by atoms with Gasteiger partial charge in [-0.25, -0.2) is 0 Å². The van der Waals surface area contributed by atoms with Gasteiger partial charge < -0.3 is 9.47 Å². The van der Waals surface area contributed by atoms with Crippen molar-refractivity contribution < 1.29 is 4.79 Å². The lowest BCUT2D eigenvalue weighted by molar-refractivity contribution is -0.132. The SMILES string of the molecule is CCN(Cc1ccncc1)C1CCCN(C(=O)Cc2ccn(C)c2)C1. The van der Waals surface area contributed by atoms with Crippen molar-refractivity contribution in [3.05, 3.63) is 54.1 Å². The van der Waals surface area contributed by atoms with Crippen LogP contribution in [0.5, 0.6) is 0 Å². The number of likely N-dealkylation sites (tertiary alicyclic amines) is 1. The second-order valence-corrected chi connectivity index (χ2v) is 6.92. The van der Waals surface area contributed by atoms with E-state index in [1.165, 1.54) is 5.56 Å². The number of aryl methyl sites for hydroxylation is 1. The number of rotatable bonds is 6. The molecule has 0 saturated carbocycles. The van der Waals surface area contributed by atoms with E-state index in [1.54, 1.807) is 0 Å². The van der Waals surface area contributed by atoms with Gasteiger partial charge in [0.05, 0.1) is 6.42 Å². The van der Waals surface area contributed by atoms with Crippen LogP contribution in [0, 0.1) is 0 Å². The summed E-state index contributed by atoms with van der Waals surface area (Å²) in [5, 5.41) is 0. The largest absolute Gasteiger partial charge is 0.357 e. The van der Waals surface area contributed by atoms with Crippen molar-refractivity contribution in [1.82, 2.24) is 19.4 Å². The minimum absolute atomic E-state index is 0.246. The van der Waals surface area contributed by atoms with Crippen molar-refractivity contribution in [3.8, 4) is 0 Å². The zero-order valence-corrected chi connectivity index (χ0v) is 15.3. The highest BCUT2D eigenvalue weighted by atomic mass is 16.2. The van der Waals surface area contributed by atoms with E-state index in [1.807, 2.05) is 42.5 Å². The zero-order chi connectivity index (χ0) is 17.6. The molecule has 0 spiro atoms. The van der Waals surface area contributed by atoms with Gasteiger partial charge in [-0.2, -0.15) is 0 Å². The number of carbonyl (C=O) groups is 1. The molecule has 3 heterocycles. The summed E-state index contributed by atoms with van der Waals surface area (Å²) in [7, 11) is 1.99. The van der Waals surface area contributed by atoms with Gasteiger partial charge in [-0.05, 0) is 48.7 Å². The van der Waals surface area contributed by atoms with Crippen molar-refractivity contribution in [2.45, 2.75) is 38.8 Å². The Balaban J connectivity index is 1.60. The lowest BCUT2D eigenvalue weighted by Gasteiger charge is -2.39. The summed E-state index contributed by atoms with van der Waals surface area (Å²) in [6.45, 7) is 5.84. The smallest absolute Gasteiger partial charge is 0.227 e. The molecule has 25 heavy (non-hydrogen) atoms. The maximum atomic E-state index is 12.7. The molecule has 134 valence electrons. The van der Waals surface area contributed by atoms with Crippen molar-refractivity contribution in [2.24, 2.45) is 7.05 Å². The molecular weight excluding hydrogens is 312 g/mol. The fraction of sp³-hybridized carbons (Fsp3) is 0.500. The molecular formula is C20H28N4O. The van der Waals surface area contributed by atoms with Gasteiger partial charge in [-0.3, -0.25) is 14.7 Å². The Bertz CT molecular complexity index is 682. The number of hydrogen-bond acceptors (Lipinski definition) is 3. The van der Waals surface area contributed by atoms with Gasteiger partial charge in [0.2, 0.25) is 5.91 Å². The summed E-state index contributed by atoms with van der Waals surface area (Å²) < 4.78 is 2.00. The molecule has 1 atom stereocenters. The second kappa shape index (κ2) is 8.30. The van der Waals surface area contributed by atoms with E-state index in [4.69, 9.17) is 0 Å². The van der Waals surface area contributed by atoms with Gasteiger partial charge >= 0.3 is 0 Å². The van der Waals surface area contributed by atoms with Crippen LogP contribution >= 0.6 is 0 Å². The fourth-order valence-corrected chi connectivity index (χ4v) is 3.65. The predicted molar refractivity (Wildman–Crippen MR) is 99.0 cm³/mol. The molecule has 0 N–H and O–H groups in total. The van der Waals surface area contributed by atoms with Crippen LogP contribution in [0.1, 0.15) is 30.9 Å². The third-order valence-corrected chi connectivity index (χ3v) is 5.06. The first kappa shape index (κ1) is 17.7. The average molecular weight is 340 g/mol. The number of carbonyl (C=O) groups excluding carboxylic acids is 1. The number of likely N-dealkylation sites (N-methyl/N-ethyl adjacent to an activating group) is 1. The molecule has 5 nitrogen and oxygen atoms in total. The van der Waals surface area contributed by atoms with Crippen molar-refractivity contribution >= 4 is 5.91 Å². The first-order chi connectivity index (χ1) is 12.2. The Morgan fingerprint density at radius 3 is 2.76 bits per heavy atom. The van der Waals surface area contributed by atoms with Crippen LogP contribution in [0.25, 0.3) is 0 Å². The Hall–Kier alpha value is -2.14. The van der Waals surface area contributed by atoms with E-state index in [0.717, 1.165) is 44.6 Å². The maximum absolute atomic E-state index is 12.7. The maximum Gasteiger partial charge on any atom is 0.227 e. The van der Waals surface area contributed by atoms with Crippen LogP contribution < -0.4 is 0 Å². The van der Waals surface area contributed by atoms with E-state index in [2.05, 4.69) is 33.8 Å². The summed E-state index contributed by atoms with van der Waals surface area (Å²) in [6.07, 6.45) is 10.5. The fourth-order valence-electron chi connectivity index (χ4n) is 3.65. The molecule has 1 aliphatic heterocycles. The number of aromatic nitrogens is 2. The highest BCUT2D eigenvalue weighted by Gasteiger charge is 2.27. The summed E-state index contributed by atoms with van der Waals surface area (Å²) in [5.41, 5.74) is 2.38. The molecule has 1 aliphatic rings. The number of pyridine rings is 1. The molecule has 2 aromatic heterocycles. The predicted octanol–water partition coefficient (Wildman–Crippen LogP) is 2.48. The third kappa shape index (κ3) is 4.69. The summed E-state index contributed by atoms with van der Waals surface area (Å²) >= 11 is 0. The highest BCUT2D eigenvalue weighted by Crippen LogP contribution is 2.19. The first-order valence-corrected chi connectivity index (χ1v) is 9.17. The Morgan fingerprint density at radius 1 is 1.28 bits per heavy atom. The van der Waals surface area contributed by atoms with Crippen LogP contribution in [-0.4, -0.2) is 50.9 Å². The molecule has 0 aliphatic carbocycles. The topological polar surface area (TPSA) is 41.4 Å². The van der Waals surface area contributed by atoms with Gasteiger partial charge in [0.15, 0.2) is 0 Å². The number of piperidine rings is 1. The van der Waals surface area contributed by atoms with E-state index >= 15 is 0 Å². The molecule has 1 saturated heterocycles. The molecule has 3 rings (SSSR count). The van der Waals surface area contributed by atoms with Gasteiger partial charge in [0, 0.05) is 57.5 Å². The molecule has 0 aromatic carbocycles. The Labute approximate surface area is 150 Å². The zero-order valence-electron chi connectivity index (χ0n) is 15.3. The lowest BCUT2D eigenvalue weighted by atomic mass is 10.0. The van der Waals surface area contributed by atoms with Crippen molar-refractivity contribution in [1.29, 1.82) is 0 Å². The minimum Gasteiger partial charge on any atom is -0.357 e. The molecule has 0 radical (unpaired) electrons. The van der Waals surface area contributed by atoms with Gasteiger partial charge in [0.25, 0.3) is 0 Å². The van der Waals surface area contributed by atoms with E-state index in [9.17, 15) is 4.79 Å². The molecule has 2 aromatic rings.